The van der Waals surface area contributed by atoms with Gasteiger partial charge in [0.1, 0.15) is 5.75 Å². The van der Waals surface area contributed by atoms with Crippen LogP contribution >= 0.6 is 15.9 Å². The lowest BCUT2D eigenvalue weighted by Crippen LogP contribution is -2.40. The van der Waals surface area contributed by atoms with E-state index < -0.39 is 0 Å². The number of nitrogen functional groups attached to an aromatic ring is 1. The van der Waals surface area contributed by atoms with E-state index in [9.17, 15) is 9.59 Å². The average Bonchev–Trinajstić information content (AvgIpc) is 2.48. The first kappa shape index (κ1) is 17.3. The molecule has 0 unspecified atom stereocenters. The highest BCUT2D eigenvalue weighted by molar-refractivity contribution is 9.10. The van der Waals surface area contributed by atoms with Gasteiger partial charge in [0.25, 0.3) is 5.91 Å². The van der Waals surface area contributed by atoms with Gasteiger partial charge in [-0.2, -0.15) is 0 Å². The molecule has 3 N–H and O–H groups in total. The van der Waals surface area contributed by atoms with E-state index in [-0.39, 0.29) is 18.4 Å². The molecule has 0 aliphatic rings. The zero-order chi connectivity index (χ0) is 16.0. The summed E-state index contributed by atoms with van der Waals surface area (Å²) in [5, 5.41) is 2.60. The van der Waals surface area contributed by atoms with Crippen LogP contribution in [-0.2, 0) is 4.79 Å². The van der Waals surface area contributed by atoms with Crippen LogP contribution in [0.5, 0.6) is 5.75 Å². The highest BCUT2D eigenvalue weighted by atomic mass is 79.9. The molecule has 0 heterocycles. The van der Waals surface area contributed by atoms with E-state index in [0.717, 1.165) is 0 Å². The predicted octanol–water partition coefficient (Wildman–Crippen LogP) is 1.64. The summed E-state index contributed by atoms with van der Waals surface area (Å²) in [5.41, 5.74) is 6.54. The summed E-state index contributed by atoms with van der Waals surface area (Å²) in [5.74, 6) is -0.140. The maximum absolute atomic E-state index is 12.2. The van der Waals surface area contributed by atoms with Crippen LogP contribution in [0.15, 0.2) is 16.6 Å². The van der Waals surface area contributed by atoms with Crippen LogP contribution in [0.25, 0.3) is 0 Å². The lowest BCUT2D eigenvalue weighted by atomic mass is 10.1. The Morgan fingerprint density at radius 3 is 2.48 bits per heavy atom. The van der Waals surface area contributed by atoms with E-state index in [2.05, 4.69) is 21.2 Å². The number of anilines is 1. The molecule has 1 rings (SSSR count). The summed E-state index contributed by atoms with van der Waals surface area (Å²) in [6, 6.07) is 3.14. The van der Waals surface area contributed by atoms with Crippen LogP contribution in [-0.4, -0.2) is 43.5 Å². The van der Waals surface area contributed by atoms with E-state index in [4.69, 9.17) is 10.5 Å². The molecule has 0 saturated carbocycles. The molecule has 0 atom stereocenters. The second-order valence-corrected chi connectivity index (χ2v) is 5.18. The largest absolute Gasteiger partial charge is 0.496 e. The minimum absolute atomic E-state index is 0.0499. The molecular weight excluding hydrogens is 338 g/mol. The second-order valence-electron chi connectivity index (χ2n) is 4.32. The number of carbonyl (C=O) groups excluding carboxylic acids is 2. The van der Waals surface area contributed by atoms with E-state index in [1.807, 2.05) is 13.8 Å². The van der Waals surface area contributed by atoms with E-state index >= 15 is 0 Å². The quantitative estimate of drug-likeness (QED) is 0.758. The Hall–Kier alpha value is -1.76. The molecule has 1 aromatic carbocycles. The number of likely N-dealkylation sites (N-methyl/N-ethyl adjacent to an activating group) is 1. The summed E-state index contributed by atoms with van der Waals surface area (Å²) in [6.07, 6.45) is 0. The highest BCUT2D eigenvalue weighted by Gasteiger charge is 2.17. The molecule has 0 aliphatic heterocycles. The van der Waals surface area contributed by atoms with Crippen LogP contribution in [0.4, 0.5) is 5.69 Å². The van der Waals surface area contributed by atoms with Crippen molar-refractivity contribution in [1.29, 1.82) is 0 Å². The minimum Gasteiger partial charge on any atom is -0.496 e. The molecule has 0 aliphatic carbocycles. The van der Waals surface area contributed by atoms with E-state index in [0.29, 0.717) is 34.6 Å². The third kappa shape index (κ3) is 4.35. The summed E-state index contributed by atoms with van der Waals surface area (Å²) < 4.78 is 5.74. The SMILES string of the molecule is CCN(CC)C(=O)CNC(=O)c1cc(Br)c(N)cc1OC. The van der Waals surface area contributed by atoms with Gasteiger partial charge in [0.2, 0.25) is 5.91 Å². The fourth-order valence-electron chi connectivity index (χ4n) is 1.85. The Morgan fingerprint density at radius 1 is 1.33 bits per heavy atom. The zero-order valence-electron chi connectivity index (χ0n) is 12.4. The fraction of sp³-hybridized carbons (Fsp3) is 0.429. The molecule has 116 valence electrons. The Labute approximate surface area is 132 Å². The summed E-state index contributed by atoms with van der Waals surface area (Å²) in [6.45, 7) is 4.96. The molecule has 6 nitrogen and oxygen atoms in total. The summed E-state index contributed by atoms with van der Waals surface area (Å²) >= 11 is 3.27. The topological polar surface area (TPSA) is 84.7 Å². The van der Waals surface area contributed by atoms with Crippen LogP contribution in [0.3, 0.4) is 0 Å². The number of rotatable bonds is 6. The maximum Gasteiger partial charge on any atom is 0.255 e. The van der Waals surface area contributed by atoms with Gasteiger partial charge < -0.3 is 20.7 Å². The lowest BCUT2D eigenvalue weighted by molar-refractivity contribution is -0.129. The molecule has 0 saturated heterocycles. The molecule has 0 fully saturated rings. The molecule has 2 amide bonds. The van der Waals surface area contributed by atoms with Crippen LogP contribution in [0.2, 0.25) is 0 Å². The number of hydrogen-bond acceptors (Lipinski definition) is 4. The van der Waals surface area contributed by atoms with Gasteiger partial charge in [-0.25, -0.2) is 0 Å². The zero-order valence-corrected chi connectivity index (χ0v) is 14.0. The Bertz CT molecular complexity index is 530. The first-order valence-corrected chi connectivity index (χ1v) is 7.42. The van der Waals surface area contributed by atoms with Crippen molar-refractivity contribution in [3.63, 3.8) is 0 Å². The molecule has 0 bridgehead atoms. The molecule has 0 aromatic heterocycles. The first-order valence-electron chi connectivity index (χ1n) is 6.63. The van der Waals surface area contributed by atoms with Crippen molar-refractivity contribution < 1.29 is 14.3 Å². The van der Waals surface area contributed by atoms with Crippen LogP contribution < -0.4 is 15.8 Å². The molecule has 7 heteroatoms. The predicted molar refractivity (Wildman–Crippen MR) is 85.4 cm³/mol. The van der Waals surface area contributed by atoms with Crippen molar-refractivity contribution in [1.82, 2.24) is 10.2 Å². The third-order valence-electron chi connectivity index (χ3n) is 3.08. The maximum atomic E-state index is 12.2. The summed E-state index contributed by atoms with van der Waals surface area (Å²) in [4.78, 5) is 25.7. The number of nitrogens with zero attached hydrogens (tertiary/aromatic N) is 1. The van der Waals surface area contributed by atoms with Gasteiger partial charge >= 0.3 is 0 Å². The fourth-order valence-corrected chi connectivity index (χ4v) is 2.20. The van der Waals surface area contributed by atoms with Crippen LogP contribution in [0, 0.1) is 0 Å². The normalized spacial score (nSPS) is 10.1. The first-order chi connectivity index (χ1) is 9.94. The van der Waals surface area contributed by atoms with Gasteiger partial charge in [0.05, 0.1) is 19.2 Å². The number of nitrogens with two attached hydrogens (primary N) is 1. The van der Waals surface area contributed by atoms with Gasteiger partial charge in [-0.05, 0) is 35.8 Å². The standard InChI is InChI=1S/C14H20BrN3O3/c1-4-18(5-2)13(19)8-17-14(20)9-6-10(15)11(16)7-12(9)21-3/h6-7H,4-5,8,16H2,1-3H3,(H,17,20). The van der Waals surface area contributed by atoms with Crippen LogP contribution in [0.1, 0.15) is 24.2 Å². The number of hydrogen-bond donors (Lipinski definition) is 2. The van der Waals surface area contributed by atoms with Gasteiger partial charge in [0.15, 0.2) is 0 Å². The molecule has 1 aromatic rings. The number of halogens is 1. The van der Waals surface area contributed by atoms with Gasteiger partial charge in [0, 0.05) is 29.3 Å². The monoisotopic (exact) mass is 357 g/mol. The second kappa shape index (κ2) is 7.87. The minimum atomic E-state index is -0.381. The van der Waals surface area contributed by atoms with Crippen molar-refractivity contribution in [2.75, 3.05) is 32.5 Å². The average molecular weight is 358 g/mol. The Morgan fingerprint density at radius 2 is 1.95 bits per heavy atom. The lowest BCUT2D eigenvalue weighted by Gasteiger charge is -2.19. The number of carbonyl (C=O) groups is 2. The Balaban J connectivity index is 2.81. The number of methoxy groups -OCH3 is 1. The molecule has 0 spiro atoms. The Kier molecular flexibility index (Phi) is 6.48. The number of nitrogens with one attached hydrogen (secondary N) is 1. The number of ether oxygens (including phenoxy) is 1. The van der Waals surface area contributed by atoms with Gasteiger partial charge in [-0.3, -0.25) is 9.59 Å². The molecule has 21 heavy (non-hydrogen) atoms. The van der Waals surface area contributed by atoms with Crippen molar-refractivity contribution in [3.8, 4) is 5.75 Å². The van der Waals surface area contributed by atoms with Crippen molar-refractivity contribution >= 4 is 33.4 Å². The third-order valence-corrected chi connectivity index (χ3v) is 3.77. The highest BCUT2D eigenvalue weighted by Crippen LogP contribution is 2.28. The smallest absolute Gasteiger partial charge is 0.255 e. The van der Waals surface area contributed by atoms with Crippen molar-refractivity contribution in [2.24, 2.45) is 0 Å². The van der Waals surface area contributed by atoms with Gasteiger partial charge in [-0.1, -0.05) is 0 Å². The van der Waals surface area contributed by atoms with Crippen molar-refractivity contribution in [2.45, 2.75) is 13.8 Å². The van der Waals surface area contributed by atoms with E-state index in [1.165, 1.54) is 7.11 Å². The molecule has 0 radical (unpaired) electrons. The summed E-state index contributed by atoms with van der Waals surface area (Å²) in [7, 11) is 1.46. The number of benzene rings is 1. The van der Waals surface area contributed by atoms with Crippen molar-refractivity contribution in [3.05, 3.63) is 22.2 Å². The van der Waals surface area contributed by atoms with Gasteiger partial charge in [-0.15, -0.1) is 0 Å². The van der Waals surface area contributed by atoms with E-state index in [1.54, 1.807) is 17.0 Å². The molecular formula is C14H20BrN3O3. The number of amides is 2.